The molecule has 1 fully saturated rings. The van der Waals surface area contributed by atoms with Gasteiger partial charge in [-0.05, 0) is 18.8 Å². The summed E-state index contributed by atoms with van der Waals surface area (Å²) in [5.41, 5.74) is 7.88. The van der Waals surface area contributed by atoms with E-state index >= 15 is 0 Å². The van der Waals surface area contributed by atoms with E-state index in [0.717, 1.165) is 19.3 Å². The lowest BCUT2D eigenvalue weighted by molar-refractivity contribution is -0.122. The number of carbonyl (C=O) groups is 1. The van der Waals surface area contributed by atoms with Gasteiger partial charge in [-0.3, -0.25) is 10.2 Å². The first-order valence-corrected chi connectivity index (χ1v) is 3.99. The van der Waals surface area contributed by atoms with Crippen molar-refractivity contribution in [3.8, 4) is 0 Å². The lowest BCUT2D eigenvalue weighted by atomic mass is 10.0. The molecule has 0 aromatic carbocycles. The fraction of sp³-hybridized carbons (Fsp3) is 0.857. The molecule has 1 aliphatic rings. The molecule has 0 spiro atoms. The van der Waals surface area contributed by atoms with Crippen molar-refractivity contribution in [2.24, 2.45) is 17.5 Å². The van der Waals surface area contributed by atoms with E-state index in [1.165, 1.54) is 0 Å². The summed E-state index contributed by atoms with van der Waals surface area (Å²) in [4.78, 5) is 10.8. The van der Waals surface area contributed by atoms with E-state index in [-0.39, 0.29) is 24.4 Å². The predicted octanol–water partition coefficient (Wildman–Crippen LogP) is -0.0844. The van der Waals surface area contributed by atoms with Crippen LogP contribution >= 0.6 is 12.4 Å². The average molecular weight is 194 g/mol. The molecule has 0 heterocycles. The number of carbonyl (C=O) groups excluding carboxylic acids is 1. The zero-order chi connectivity index (χ0) is 8.27. The summed E-state index contributed by atoms with van der Waals surface area (Å²) < 4.78 is 0. The Labute approximate surface area is 78.4 Å². The van der Waals surface area contributed by atoms with Gasteiger partial charge in [0.1, 0.15) is 0 Å². The van der Waals surface area contributed by atoms with Gasteiger partial charge in [-0.25, -0.2) is 5.84 Å². The molecule has 0 aliphatic heterocycles. The van der Waals surface area contributed by atoms with E-state index in [2.05, 4.69) is 5.43 Å². The number of nitrogens with two attached hydrogens (primary N) is 2. The van der Waals surface area contributed by atoms with Gasteiger partial charge in [0.15, 0.2) is 0 Å². The maximum absolute atomic E-state index is 10.8. The van der Waals surface area contributed by atoms with Crippen LogP contribution in [0.15, 0.2) is 0 Å². The van der Waals surface area contributed by atoms with Crippen molar-refractivity contribution in [1.29, 1.82) is 0 Å². The van der Waals surface area contributed by atoms with Crippen molar-refractivity contribution < 1.29 is 4.79 Å². The molecule has 0 radical (unpaired) electrons. The summed E-state index contributed by atoms with van der Waals surface area (Å²) in [6.45, 7) is 0. The van der Waals surface area contributed by atoms with Gasteiger partial charge in [-0.1, -0.05) is 6.42 Å². The molecule has 2 atom stereocenters. The molecule has 5 heteroatoms. The van der Waals surface area contributed by atoms with Gasteiger partial charge in [-0.15, -0.1) is 12.4 Å². The van der Waals surface area contributed by atoms with Crippen molar-refractivity contribution in [2.75, 3.05) is 0 Å². The average Bonchev–Trinajstić information content (AvgIpc) is 2.37. The highest BCUT2D eigenvalue weighted by molar-refractivity contribution is 5.85. The van der Waals surface area contributed by atoms with Gasteiger partial charge in [0.25, 0.3) is 0 Å². The van der Waals surface area contributed by atoms with Crippen LogP contribution in [0.4, 0.5) is 0 Å². The van der Waals surface area contributed by atoms with Gasteiger partial charge < -0.3 is 5.73 Å². The molecule has 0 bridgehead atoms. The number of halogens is 1. The molecule has 1 amide bonds. The Hall–Kier alpha value is -0.320. The third-order valence-electron chi connectivity index (χ3n) is 2.33. The molecule has 1 rings (SSSR count). The second-order valence-electron chi connectivity index (χ2n) is 3.13. The number of amides is 1. The first-order chi connectivity index (χ1) is 5.24. The van der Waals surface area contributed by atoms with Crippen LogP contribution in [-0.4, -0.2) is 11.9 Å². The second-order valence-corrected chi connectivity index (χ2v) is 3.13. The third-order valence-corrected chi connectivity index (χ3v) is 2.33. The Kier molecular flexibility index (Phi) is 5.20. The Balaban J connectivity index is 0.00000121. The van der Waals surface area contributed by atoms with E-state index < -0.39 is 0 Å². The third kappa shape index (κ3) is 2.97. The minimum Gasteiger partial charge on any atom is -0.327 e. The lowest BCUT2D eigenvalue weighted by Crippen LogP contribution is -2.35. The quantitative estimate of drug-likeness (QED) is 0.326. The van der Waals surface area contributed by atoms with Crippen molar-refractivity contribution in [1.82, 2.24) is 5.43 Å². The highest BCUT2D eigenvalue weighted by Crippen LogP contribution is 2.26. The van der Waals surface area contributed by atoms with E-state index in [1.807, 2.05) is 0 Å². The van der Waals surface area contributed by atoms with E-state index in [1.54, 1.807) is 0 Å². The largest absolute Gasteiger partial charge is 0.327 e. The predicted molar refractivity (Wildman–Crippen MR) is 49.5 cm³/mol. The van der Waals surface area contributed by atoms with E-state index in [9.17, 15) is 4.79 Å². The summed E-state index contributed by atoms with van der Waals surface area (Å²) in [7, 11) is 0. The smallest absolute Gasteiger partial charge is 0.234 e. The van der Waals surface area contributed by atoms with Crippen molar-refractivity contribution >= 4 is 18.3 Å². The molecular weight excluding hydrogens is 178 g/mol. The van der Waals surface area contributed by atoms with Gasteiger partial charge in [0.05, 0.1) is 0 Å². The van der Waals surface area contributed by atoms with Gasteiger partial charge in [0, 0.05) is 12.5 Å². The fourth-order valence-corrected chi connectivity index (χ4v) is 1.62. The van der Waals surface area contributed by atoms with Crippen LogP contribution in [-0.2, 0) is 4.79 Å². The summed E-state index contributed by atoms with van der Waals surface area (Å²) in [5, 5.41) is 0. The van der Waals surface area contributed by atoms with Gasteiger partial charge in [-0.2, -0.15) is 0 Å². The molecule has 5 N–H and O–H groups in total. The molecule has 0 saturated heterocycles. The Morgan fingerprint density at radius 1 is 1.50 bits per heavy atom. The molecule has 0 unspecified atom stereocenters. The topological polar surface area (TPSA) is 81.1 Å². The Morgan fingerprint density at radius 2 is 2.17 bits per heavy atom. The normalized spacial score (nSPS) is 27.8. The van der Waals surface area contributed by atoms with Gasteiger partial charge in [0.2, 0.25) is 5.91 Å². The highest BCUT2D eigenvalue weighted by atomic mass is 35.5. The van der Waals surface area contributed by atoms with Crippen LogP contribution in [0.2, 0.25) is 0 Å². The van der Waals surface area contributed by atoms with Crippen LogP contribution in [0.1, 0.15) is 25.7 Å². The summed E-state index contributed by atoms with van der Waals surface area (Å²) in [6, 6.07) is 0.201. The molecular formula is C7H16ClN3O. The van der Waals surface area contributed by atoms with Crippen LogP contribution in [0, 0.1) is 5.92 Å². The molecule has 1 aliphatic carbocycles. The zero-order valence-corrected chi connectivity index (χ0v) is 7.77. The summed E-state index contributed by atoms with van der Waals surface area (Å²) >= 11 is 0. The van der Waals surface area contributed by atoms with E-state index in [4.69, 9.17) is 11.6 Å². The first kappa shape index (κ1) is 11.7. The van der Waals surface area contributed by atoms with Crippen LogP contribution < -0.4 is 17.0 Å². The lowest BCUT2D eigenvalue weighted by Gasteiger charge is -2.12. The molecule has 72 valence electrons. The fourth-order valence-electron chi connectivity index (χ4n) is 1.62. The number of rotatable bonds is 2. The summed E-state index contributed by atoms with van der Waals surface area (Å²) in [6.07, 6.45) is 3.73. The minimum absolute atomic E-state index is 0. The zero-order valence-electron chi connectivity index (χ0n) is 6.95. The molecule has 4 nitrogen and oxygen atoms in total. The number of hydrogen-bond acceptors (Lipinski definition) is 3. The van der Waals surface area contributed by atoms with Crippen LogP contribution in [0.3, 0.4) is 0 Å². The molecule has 1 saturated carbocycles. The number of hydrazine groups is 1. The number of hydrogen-bond donors (Lipinski definition) is 3. The highest BCUT2D eigenvalue weighted by Gasteiger charge is 2.25. The standard InChI is InChI=1S/C7H15N3O.ClH/c8-6-3-1-2-5(6)4-7(11)10-9;/h5-6H,1-4,8-9H2,(H,10,11);1H/t5-,6+;/m0./s1. The SMILES string of the molecule is Cl.NNC(=O)C[C@@H]1CCC[C@H]1N. The van der Waals surface area contributed by atoms with Crippen LogP contribution in [0.25, 0.3) is 0 Å². The first-order valence-electron chi connectivity index (χ1n) is 3.99. The van der Waals surface area contributed by atoms with Crippen molar-refractivity contribution in [3.05, 3.63) is 0 Å². The van der Waals surface area contributed by atoms with Crippen LogP contribution in [0.5, 0.6) is 0 Å². The van der Waals surface area contributed by atoms with E-state index in [0.29, 0.717) is 12.3 Å². The Morgan fingerprint density at radius 3 is 2.58 bits per heavy atom. The maximum Gasteiger partial charge on any atom is 0.234 e. The Bertz CT molecular complexity index is 154. The number of nitrogens with one attached hydrogen (secondary N) is 1. The molecule has 0 aromatic heterocycles. The second kappa shape index (κ2) is 5.35. The monoisotopic (exact) mass is 193 g/mol. The minimum atomic E-state index is -0.104. The summed E-state index contributed by atoms with van der Waals surface area (Å²) in [5.74, 6) is 5.20. The van der Waals surface area contributed by atoms with Gasteiger partial charge >= 0.3 is 0 Å². The maximum atomic E-state index is 10.8. The molecule has 12 heavy (non-hydrogen) atoms. The van der Waals surface area contributed by atoms with Crippen molar-refractivity contribution in [3.63, 3.8) is 0 Å². The van der Waals surface area contributed by atoms with Crippen molar-refractivity contribution in [2.45, 2.75) is 31.7 Å². The molecule has 0 aromatic rings.